The van der Waals surface area contributed by atoms with Crippen molar-refractivity contribution in [3.63, 3.8) is 0 Å². The molecule has 0 bridgehead atoms. The van der Waals surface area contributed by atoms with Crippen LogP contribution >= 0.6 is 0 Å². The zero-order chi connectivity index (χ0) is 19.2. The quantitative estimate of drug-likeness (QED) is 0.725. The van der Waals surface area contributed by atoms with Crippen LogP contribution in [0.3, 0.4) is 0 Å². The molecule has 2 amide bonds. The minimum absolute atomic E-state index is 0.0762. The van der Waals surface area contributed by atoms with Gasteiger partial charge < -0.3 is 10.6 Å². The monoisotopic (exact) mass is 368 g/mol. The van der Waals surface area contributed by atoms with E-state index in [9.17, 15) is 18.4 Å². The molecule has 0 unspecified atom stereocenters. The minimum Gasteiger partial charge on any atom is -0.348 e. The number of pyridine rings is 2. The first-order valence-corrected chi connectivity index (χ1v) is 7.92. The van der Waals surface area contributed by atoms with E-state index in [1.807, 2.05) is 6.07 Å². The molecule has 0 saturated heterocycles. The van der Waals surface area contributed by atoms with E-state index in [1.54, 1.807) is 18.5 Å². The maximum absolute atomic E-state index is 13.7. The summed E-state index contributed by atoms with van der Waals surface area (Å²) >= 11 is 0. The number of hydrogen-bond acceptors (Lipinski definition) is 4. The lowest BCUT2D eigenvalue weighted by molar-refractivity contribution is 0.0950. The molecule has 0 aliphatic heterocycles. The highest BCUT2D eigenvalue weighted by molar-refractivity contribution is 6.04. The van der Waals surface area contributed by atoms with Crippen molar-refractivity contribution >= 4 is 17.5 Å². The maximum atomic E-state index is 13.7. The third-order valence-corrected chi connectivity index (χ3v) is 3.61. The fourth-order valence-electron chi connectivity index (χ4n) is 2.26. The van der Waals surface area contributed by atoms with E-state index in [1.165, 1.54) is 18.3 Å². The van der Waals surface area contributed by atoms with E-state index in [0.717, 1.165) is 17.7 Å². The molecule has 0 atom stereocenters. The summed E-state index contributed by atoms with van der Waals surface area (Å²) in [5.74, 6) is -2.78. The number of nitrogens with zero attached hydrogens (tertiary/aromatic N) is 2. The summed E-state index contributed by atoms with van der Waals surface area (Å²) < 4.78 is 26.6. The molecule has 8 heteroatoms. The molecule has 2 aromatic heterocycles. The van der Waals surface area contributed by atoms with E-state index in [0.29, 0.717) is 6.07 Å². The van der Waals surface area contributed by atoms with Crippen molar-refractivity contribution in [2.24, 2.45) is 0 Å². The van der Waals surface area contributed by atoms with Crippen LogP contribution in [-0.2, 0) is 6.54 Å². The van der Waals surface area contributed by atoms with Gasteiger partial charge in [-0.2, -0.15) is 0 Å². The summed E-state index contributed by atoms with van der Waals surface area (Å²) in [7, 11) is 0. The van der Waals surface area contributed by atoms with Gasteiger partial charge in [-0.05, 0) is 35.9 Å². The van der Waals surface area contributed by atoms with Gasteiger partial charge in [0.05, 0.1) is 5.69 Å². The predicted octanol–water partition coefficient (Wildman–Crippen LogP) is 2.94. The summed E-state index contributed by atoms with van der Waals surface area (Å²) in [6, 6.07) is 9.09. The molecule has 0 aliphatic rings. The topological polar surface area (TPSA) is 84.0 Å². The van der Waals surface area contributed by atoms with Gasteiger partial charge >= 0.3 is 0 Å². The van der Waals surface area contributed by atoms with Gasteiger partial charge in [0.1, 0.15) is 17.3 Å². The second-order valence-corrected chi connectivity index (χ2v) is 5.55. The van der Waals surface area contributed by atoms with E-state index >= 15 is 0 Å². The van der Waals surface area contributed by atoms with Crippen LogP contribution in [0.5, 0.6) is 0 Å². The number of nitrogens with one attached hydrogen (secondary N) is 2. The van der Waals surface area contributed by atoms with Crippen molar-refractivity contribution in [2.45, 2.75) is 6.54 Å². The van der Waals surface area contributed by atoms with Crippen molar-refractivity contribution < 1.29 is 18.4 Å². The Morgan fingerprint density at radius 3 is 2.59 bits per heavy atom. The number of rotatable bonds is 5. The van der Waals surface area contributed by atoms with Crippen molar-refractivity contribution in [1.29, 1.82) is 0 Å². The highest BCUT2D eigenvalue weighted by Gasteiger charge is 2.14. The van der Waals surface area contributed by atoms with Gasteiger partial charge in [0.25, 0.3) is 11.8 Å². The number of halogens is 2. The van der Waals surface area contributed by atoms with E-state index in [-0.39, 0.29) is 23.5 Å². The first-order valence-electron chi connectivity index (χ1n) is 7.92. The SMILES string of the molecule is O=C(NCc1cccnc1)c1ccnc(C(=O)Nc2ccc(F)cc2F)c1. The van der Waals surface area contributed by atoms with Crippen LogP contribution in [0.15, 0.2) is 61.1 Å². The Kier molecular flexibility index (Phi) is 5.46. The summed E-state index contributed by atoms with van der Waals surface area (Å²) in [4.78, 5) is 32.3. The van der Waals surface area contributed by atoms with E-state index in [2.05, 4.69) is 20.6 Å². The van der Waals surface area contributed by atoms with E-state index in [4.69, 9.17) is 0 Å². The molecule has 2 heterocycles. The lowest BCUT2D eigenvalue weighted by atomic mass is 10.2. The number of benzene rings is 1. The van der Waals surface area contributed by atoms with Crippen molar-refractivity contribution in [3.8, 4) is 0 Å². The average Bonchev–Trinajstić information content (AvgIpc) is 2.69. The molecule has 0 fully saturated rings. The number of carbonyl (C=O) groups excluding carboxylic acids is 2. The standard InChI is InChI=1S/C19H14F2N4O2/c20-14-3-4-16(15(21)9-14)25-19(27)17-8-13(5-7-23-17)18(26)24-11-12-2-1-6-22-10-12/h1-10H,11H2,(H,24,26)(H,25,27). The van der Waals surface area contributed by atoms with Gasteiger partial charge in [0.15, 0.2) is 0 Å². The molecule has 2 N–H and O–H groups in total. The number of carbonyl (C=O) groups is 2. The molecule has 3 aromatic rings. The van der Waals surface area contributed by atoms with Gasteiger partial charge in [-0.1, -0.05) is 6.07 Å². The molecule has 6 nitrogen and oxygen atoms in total. The fraction of sp³-hybridized carbons (Fsp3) is 0.0526. The van der Waals surface area contributed by atoms with Gasteiger partial charge in [-0.15, -0.1) is 0 Å². The first-order chi connectivity index (χ1) is 13.0. The Morgan fingerprint density at radius 1 is 1.00 bits per heavy atom. The van der Waals surface area contributed by atoms with Gasteiger partial charge in [0, 0.05) is 36.8 Å². The van der Waals surface area contributed by atoms with Crippen LogP contribution < -0.4 is 10.6 Å². The number of hydrogen-bond donors (Lipinski definition) is 2. The molecule has 0 saturated carbocycles. The third kappa shape index (κ3) is 4.69. The van der Waals surface area contributed by atoms with Crippen molar-refractivity contribution in [3.05, 3.63) is 89.5 Å². The van der Waals surface area contributed by atoms with Crippen molar-refractivity contribution in [1.82, 2.24) is 15.3 Å². The Balaban J connectivity index is 1.68. The maximum Gasteiger partial charge on any atom is 0.274 e. The summed E-state index contributed by atoms with van der Waals surface area (Å²) in [5, 5.41) is 5.00. The zero-order valence-electron chi connectivity index (χ0n) is 13.9. The molecular weight excluding hydrogens is 354 g/mol. The lowest BCUT2D eigenvalue weighted by Crippen LogP contribution is -2.24. The number of amides is 2. The summed E-state index contributed by atoms with van der Waals surface area (Å²) in [5.41, 5.74) is 0.783. The van der Waals surface area contributed by atoms with Crippen LogP contribution in [0, 0.1) is 11.6 Å². The first kappa shape index (κ1) is 18.1. The molecule has 3 rings (SSSR count). The number of anilines is 1. The zero-order valence-corrected chi connectivity index (χ0v) is 13.9. The van der Waals surface area contributed by atoms with Crippen LogP contribution in [0.2, 0.25) is 0 Å². The van der Waals surface area contributed by atoms with Crippen LogP contribution in [0.1, 0.15) is 26.4 Å². The molecule has 27 heavy (non-hydrogen) atoms. The van der Waals surface area contributed by atoms with E-state index < -0.39 is 23.4 Å². The van der Waals surface area contributed by atoms with Crippen LogP contribution in [0.25, 0.3) is 0 Å². The summed E-state index contributed by atoms with van der Waals surface area (Å²) in [6.45, 7) is 0.275. The highest BCUT2D eigenvalue weighted by atomic mass is 19.1. The molecule has 136 valence electrons. The average molecular weight is 368 g/mol. The van der Waals surface area contributed by atoms with Gasteiger partial charge in [-0.25, -0.2) is 8.78 Å². The van der Waals surface area contributed by atoms with Crippen molar-refractivity contribution in [2.75, 3.05) is 5.32 Å². The largest absolute Gasteiger partial charge is 0.348 e. The number of aromatic nitrogens is 2. The Bertz CT molecular complexity index is 980. The molecule has 1 aromatic carbocycles. The minimum atomic E-state index is -0.909. The Morgan fingerprint density at radius 2 is 1.85 bits per heavy atom. The normalized spacial score (nSPS) is 10.3. The summed E-state index contributed by atoms with van der Waals surface area (Å²) in [6.07, 6.45) is 4.56. The second kappa shape index (κ2) is 8.13. The Hall–Kier alpha value is -3.68. The third-order valence-electron chi connectivity index (χ3n) is 3.61. The Labute approximate surface area is 153 Å². The molecule has 0 aliphatic carbocycles. The molecule has 0 spiro atoms. The fourth-order valence-corrected chi connectivity index (χ4v) is 2.26. The molecule has 0 radical (unpaired) electrons. The van der Waals surface area contributed by atoms with Gasteiger partial charge in [0.2, 0.25) is 0 Å². The highest BCUT2D eigenvalue weighted by Crippen LogP contribution is 2.16. The predicted molar refractivity (Wildman–Crippen MR) is 94.0 cm³/mol. The second-order valence-electron chi connectivity index (χ2n) is 5.55. The van der Waals surface area contributed by atoms with Crippen LogP contribution in [0.4, 0.5) is 14.5 Å². The van der Waals surface area contributed by atoms with Crippen LogP contribution in [-0.4, -0.2) is 21.8 Å². The smallest absolute Gasteiger partial charge is 0.274 e. The lowest BCUT2D eigenvalue weighted by Gasteiger charge is -2.08. The van der Waals surface area contributed by atoms with Gasteiger partial charge in [-0.3, -0.25) is 19.6 Å². The molecular formula is C19H14F2N4O2.